The number of fused-ring (bicyclic) bond motifs is 4. The predicted octanol–water partition coefficient (Wildman–Crippen LogP) is 4.82. The lowest BCUT2D eigenvalue weighted by Crippen LogP contribution is -2.32. The molecule has 2 aromatic heterocycles. The van der Waals surface area contributed by atoms with E-state index >= 15 is 0 Å². The van der Waals surface area contributed by atoms with Crippen LogP contribution in [0.2, 0.25) is 0 Å². The molecule has 158 valence electrons. The van der Waals surface area contributed by atoms with Crippen LogP contribution in [0.4, 0.5) is 5.95 Å². The molecule has 1 aliphatic rings. The maximum atomic E-state index is 5.45. The largest absolute Gasteiger partial charge is 0.497 e. The smallest absolute Gasteiger partial charge is 0.214 e. The molecule has 6 heteroatoms. The molecule has 0 amide bonds. The molecule has 6 nitrogen and oxygen atoms in total. The third-order valence-corrected chi connectivity index (χ3v) is 6.22. The first-order valence-corrected chi connectivity index (χ1v) is 10.8. The standard InChI is InChI=1S/C26H23N5O/c1-17-10-11-23-22(14-17)25-29-28-24(19-8-5-9-21(15-19)32-2)31(25)26(27-23)30-13-12-18-6-3-4-7-20(18)16-30/h3-11,14-15H,12-13,16H2,1-2H3. The first-order valence-electron chi connectivity index (χ1n) is 10.8. The van der Waals surface area contributed by atoms with Crippen molar-refractivity contribution in [2.75, 3.05) is 18.6 Å². The average Bonchev–Trinajstić information content (AvgIpc) is 3.29. The monoisotopic (exact) mass is 421 g/mol. The van der Waals surface area contributed by atoms with Crippen molar-refractivity contribution in [1.82, 2.24) is 19.6 Å². The van der Waals surface area contributed by atoms with E-state index in [2.05, 4.69) is 68.9 Å². The summed E-state index contributed by atoms with van der Waals surface area (Å²) in [6.45, 7) is 3.79. The Morgan fingerprint density at radius 3 is 2.66 bits per heavy atom. The Morgan fingerprint density at radius 2 is 1.78 bits per heavy atom. The molecule has 0 radical (unpaired) electrons. The van der Waals surface area contributed by atoms with Crippen LogP contribution in [0.3, 0.4) is 0 Å². The van der Waals surface area contributed by atoms with Crippen LogP contribution in [0.1, 0.15) is 16.7 Å². The molecule has 32 heavy (non-hydrogen) atoms. The van der Waals surface area contributed by atoms with Crippen LogP contribution < -0.4 is 9.64 Å². The predicted molar refractivity (Wildman–Crippen MR) is 126 cm³/mol. The molecule has 6 rings (SSSR count). The van der Waals surface area contributed by atoms with Crippen LogP contribution in [0, 0.1) is 6.92 Å². The zero-order valence-electron chi connectivity index (χ0n) is 18.1. The van der Waals surface area contributed by atoms with Crippen LogP contribution in [-0.2, 0) is 13.0 Å². The third kappa shape index (κ3) is 2.99. The van der Waals surface area contributed by atoms with Gasteiger partial charge >= 0.3 is 0 Å². The van der Waals surface area contributed by atoms with E-state index in [4.69, 9.17) is 9.72 Å². The van der Waals surface area contributed by atoms with Gasteiger partial charge in [-0.15, -0.1) is 10.2 Å². The van der Waals surface area contributed by atoms with Gasteiger partial charge in [0.05, 0.1) is 12.6 Å². The highest BCUT2D eigenvalue weighted by atomic mass is 16.5. The zero-order chi connectivity index (χ0) is 21.7. The molecule has 1 aliphatic heterocycles. The molecule has 0 bridgehead atoms. The number of aryl methyl sites for hydroxylation is 1. The number of aromatic nitrogens is 4. The lowest BCUT2D eigenvalue weighted by Gasteiger charge is -2.30. The van der Waals surface area contributed by atoms with Gasteiger partial charge in [-0.2, -0.15) is 0 Å². The zero-order valence-corrected chi connectivity index (χ0v) is 18.1. The highest BCUT2D eigenvalue weighted by Crippen LogP contribution is 2.32. The molecule has 0 saturated carbocycles. The van der Waals surface area contributed by atoms with Gasteiger partial charge in [0, 0.05) is 24.0 Å². The topological polar surface area (TPSA) is 55.6 Å². The number of methoxy groups -OCH3 is 1. The Bertz CT molecular complexity index is 1470. The number of anilines is 1. The van der Waals surface area contributed by atoms with Crippen molar-refractivity contribution in [3.05, 3.63) is 83.4 Å². The van der Waals surface area contributed by atoms with Crippen LogP contribution in [0.5, 0.6) is 5.75 Å². The Hall–Kier alpha value is -3.93. The van der Waals surface area contributed by atoms with Crippen LogP contribution in [0.25, 0.3) is 27.9 Å². The van der Waals surface area contributed by atoms with Gasteiger partial charge < -0.3 is 9.64 Å². The minimum atomic E-state index is 0.767. The van der Waals surface area contributed by atoms with Gasteiger partial charge in [0.25, 0.3) is 0 Å². The average molecular weight is 422 g/mol. The van der Waals surface area contributed by atoms with E-state index in [9.17, 15) is 0 Å². The number of rotatable bonds is 3. The lowest BCUT2D eigenvalue weighted by atomic mass is 10.0. The van der Waals surface area contributed by atoms with Gasteiger partial charge in [-0.3, -0.25) is 0 Å². The summed E-state index contributed by atoms with van der Waals surface area (Å²) < 4.78 is 7.55. The lowest BCUT2D eigenvalue weighted by molar-refractivity contribution is 0.415. The SMILES string of the molecule is COc1cccc(-c2nnc3c4cc(C)ccc4nc(N4CCc5ccccc5C4)n23)c1. The Morgan fingerprint density at radius 1 is 0.906 bits per heavy atom. The van der Waals surface area contributed by atoms with Crippen LogP contribution in [-0.4, -0.2) is 33.2 Å². The Labute approximate surface area is 186 Å². The van der Waals surface area contributed by atoms with Crippen molar-refractivity contribution in [1.29, 1.82) is 0 Å². The molecule has 5 aromatic rings. The van der Waals surface area contributed by atoms with E-state index in [-0.39, 0.29) is 0 Å². The first-order chi connectivity index (χ1) is 15.7. The quantitative estimate of drug-likeness (QED) is 0.418. The van der Waals surface area contributed by atoms with Crippen LogP contribution >= 0.6 is 0 Å². The van der Waals surface area contributed by atoms with Gasteiger partial charge in [-0.25, -0.2) is 9.38 Å². The maximum absolute atomic E-state index is 5.45. The van der Waals surface area contributed by atoms with Crippen molar-refractivity contribution < 1.29 is 4.74 Å². The third-order valence-electron chi connectivity index (χ3n) is 6.22. The van der Waals surface area contributed by atoms with E-state index in [1.54, 1.807) is 7.11 Å². The highest BCUT2D eigenvalue weighted by molar-refractivity contribution is 5.94. The second-order valence-corrected chi connectivity index (χ2v) is 8.29. The summed E-state index contributed by atoms with van der Waals surface area (Å²) >= 11 is 0. The van der Waals surface area contributed by atoms with Gasteiger partial charge in [-0.1, -0.05) is 48.0 Å². The summed E-state index contributed by atoms with van der Waals surface area (Å²) in [5.74, 6) is 2.43. The summed E-state index contributed by atoms with van der Waals surface area (Å²) in [5, 5.41) is 10.2. The first kappa shape index (κ1) is 18.8. The van der Waals surface area contributed by atoms with Gasteiger partial charge in [0.2, 0.25) is 5.95 Å². The van der Waals surface area contributed by atoms with E-state index in [1.165, 1.54) is 16.7 Å². The minimum absolute atomic E-state index is 0.767. The van der Waals surface area contributed by atoms with Crippen molar-refractivity contribution in [2.24, 2.45) is 0 Å². The molecule has 0 saturated heterocycles. The van der Waals surface area contributed by atoms with Gasteiger partial charge in [-0.05, 0) is 48.7 Å². The normalized spacial score (nSPS) is 13.5. The number of nitrogens with zero attached hydrogens (tertiary/aromatic N) is 5. The fraction of sp³-hybridized carbons (Fsp3) is 0.192. The Kier molecular flexibility index (Phi) is 4.31. The fourth-order valence-electron chi connectivity index (χ4n) is 4.56. The van der Waals surface area contributed by atoms with E-state index < -0.39 is 0 Å². The molecular formula is C26H23N5O. The van der Waals surface area contributed by atoms with E-state index in [1.807, 2.05) is 24.3 Å². The fourth-order valence-corrected chi connectivity index (χ4v) is 4.56. The molecule has 0 fully saturated rings. The summed E-state index contributed by atoms with van der Waals surface area (Å²) in [6, 6.07) is 22.9. The van der Waals surface area contributed by atoms with Crippen molar-refractivity contribution in [3.63, 3.8) is 0 Å². The molecular weight excluding hydrogens is 398 g/mol. The number of hydrogen-bond acceptors (Lipinski definition) is 5. The second kappa shape index (κ2) is 7.34. The van der Waals surface area contributed by atoms with Crippen molar-refractivity contribution in [2.45, 2.75) is 19.9 Å². The van der Waals surface area contributed by atoms with Gasteiger partial charge in [0.15, 0.2) is 11.5 Å². The highest BCUT2D eigenvalue weighted by Gasteiger charge is 2.24. The molecule has 0 aliphatic carbocycles. The number of hydrogen-bond donors (Lipinski definition) is 0. The summed E-state index contributed by atoms with van der Waals surface area (Å²) in [7, 11) is 1.68. The van der Waals surface area contributed by atoms with Crippen molar-refractivity contribution >= 4 is 22.5 Å². The van der Waals surface area contributed by atoms with E-state index in [0.29, 0.717) is 0 Å². The Balaban J connectivity index is 1.61. The molecule has 3 aromatic carbocycles. The number of ether oxygens (including phenoxy) is 1. The van der Waals surface area contributed by atoms with Crippen molar-refractivity contribution in [3.8, 4) is 17.1 Å². The minimum Gasteiger partial charge on any atom is -0.497 e. The molecule has 0 unspecified atom stereocenters. The summed E-state index contributed by atoms with van der Waals surface area (Å²) in [6.07, 6.45) is 0.988. The molecule has 3 heterocycles. The summed E-state index contributed by atoms with van der Waals surface area (Å²) in [5.41, 5.74) is 6.63. The second-order valence-electron chi connectivity index (χ2n) is 8.29. The molecule has 0 spiro atoms. The molecule has 0 N–H and O–H groups in total. The number of benzene rings is 3. The van der Waals surface area contributed by atoms with Gasteiger partial charge in [0.1, 0.15) is 5.75 Å². The molecule has 0 atom stereocenters. The summed E-state index contributed by atoms with van der Waals surface area (Å²) in [4.78, 5) is 7.45. The van der Waals surface area contributed by atoms with Crippen LogP contribution in [0.15, 0.2) is 66.7 Å². The maximum Gasteiger partial charge on any atom is 0.214 e. The van der Waals surface area contributed by atoms with E-state index in [0.717, 1.165) is 59.1 Å².